The molecule has 1 amide bonds. The van der Waals surface area contributed by atoms with Crippen LogP contribution in [0.3, 0.4) is 0 Å². The normalized spacial score (nSPS) is 23.1. The molecule has 146 valence electrons. The van der Waals surface area contributed by atoms with Gasteiger partial charge in [0, 0.05) is 35.8 Å². The van der Waals surface area contributed by atoms with Gasteiger partial charge in [0.2, 0.25) is 9.84 Å². The highest BCUT2D eigenvalue weighted by Gasteiger charge is 2.36. The molecule has 2 atom stereocenters. The van der Waals surface area contributed by atoms with Crippen molar-refractivity contribution >= 4 is 21.5 Å². The molecule has 2 aromatic rings. The second-order valence-corrected chi connectivity index (χ2v) is 9.44. The van der Waals surface area contributed by atoms with E-state index in [0.29, 0.717) is 19.0 Å². The second kappa shape index (κ2) is 6.83. The summed E-state index contributed by atoms with van der Waals surface area (Å²) >= 11 is 0. The SMILES string of the molecule is CC1CCN(C(=O)c2ccc3c(c2)S(=O)(=O)c2ccccc2C3=O)C(CN)C1. The van der Waals surface area contributed by atoms with Crippen molar-refractivity contribution in [3.05, 3.63) is 59.2 Å². The van der Waals surface area contributed by atoms with Gasteiger partial charge in [0.15, 0.2) is 5.78 Å². The van der Waals surface area contributed by atoms with E-state index in [1.165, 1.54) is 30.3 Å². The molecule has 2 unspecified atom stereocenters. The molecular weight excluding hydrogens is 376 g/mol. The molecule has 2 aliphatic rings. The minimum Gasteiger partial charge on any atom is -0.334 e. The Hall–Kier alpha value is -2.51. The average Bonchev–Trinajstić information content (AvgIpc) is 2.71. The van der Waals surface area contributed by atoms with Crippen LogP contribution in [0.25, 0.3) is 0 Å². The summed E-state index contributed by atoms with van der Waals surface area (Å²) in [5.74, 6) is -0.0895. The van der Waals surface area contributed by atoms with Crippen LogP contribution in [0, 0.1) is 5.92 Å². The summed E-state index contributed by atoms with van der Waals surface area (Å²) in [6.07, 6.45) is 1.72. The third-order valence-electron chi connectivity index (χ3n) is 5.69. The molecule has 1 saturated heterocycles. The Kier molecular flexibility index (Phi) is 4.59. The first-order valence-corrected chi connectivity index (χ1v) is 10.9. The molecule has 28 heavy (non-hydrogen) atoms. The van der Waals surface area contributed by atoms with Gasteiger partial charge in [0.25, 0.3) is 5.91 Å². The molecule has 4 rings (SSSR count). The highest BCUT2D eigenvalue weighted by molar-refractivity contribution is 7.91. The van der Waals surface area contributed by atoms with E-state index in [1.54, 1.807) is 17.0 Å². The smallest absolute Gasteiger partial charge is 0.254 e. The maximum Gasteiger partial charge on any atom is 0.254 e. The molecule has 0 bridgehead atoms. The first-order valence-electron chi connectivity index (χ1n) is 9.38. The maximum atomic E-state index is 13.1. The second-order valence-electron chi connectivity index (χ2n) is 7.56. The van der Waals surface area contributed by atoms with Crippen LogP contribution < -0.4 is 5.73 Å². The van der Waals surface area contributed by atoms with Crippen LogP contribution in [0.5, 0.6) is 0 Å². The van der Waals surface area contributed by atoms with Crippen LogP contribution in [0.2, 0.25) is 0 Å². The molecule has 2 N–H and O–H groups in total. The molecule has 0 spiro atoms. The Bertz CT molecular complexity index is 1080. The number of ketones is 1. The summed E-state index contributed by atoms with van der Waals surface area (Å²) in [6.45, 7) is 3.09. The Morgan fingerprint density at radius 1 is 1.14 bits per heavy atom. The fourth-order valence-corrected chi connectivity index (χ4v) is 5.80. The molecular formula is C21H22N2O4S. The number of piperidine rings is 1. The van der Waals surface area contributed by atoms with E-state index in [2.05, 4.69) is 6.92 Å². The lowest BCUT2D eigenvalue weighted by Crippen LogP contribution is -2.49. The van der Waals surface area contributed by atoms with Gasteiger partial charge in [0.05, 0.1) is 9.79 Å². The molecule has 0 saturated carbocycles. The lowest BCUT2D eigenvalue weighted by atomic mass is 9.91. The standard InChI is InChI=1S/C21H22N2O4S/c1-13-8-9-23(15(10-13)12-22)21(25)14-6-7-17-19(11-14)28(26,27)18-5-3-2-4-16(18)20(17)24/h2-7,11,13,15H,8-10,12,22H2,1H3. The summed E-state index contributed by atoms with van der Waals surface area (Å²) in [5.41, 5.74) is 6.41. The van der Waals surface area contributed by atoms with Crippen molar-refractivity contribution in [3.63, 3.8) is 0 Å². The van der Waals surface area contributed by atoms with Gasteiger partial charge in [-0.15, -0.1) is 0 Å². The minimum absolute atomic E-state index is 0.0104. The molecule has 0 radical (unpaired) electrons. The van der Waals surface area contributed by atoms with Crippen molar-refractivity contribution in [1.82, 2.24) is 4.90 Å². The topological polar surface area (TPSA) is 97.5 Å². The number of fused-ring (bicyclic) bond motifs is 2. The molecule has 2 aliphatic heterocycles. The number of nitrogens with two attached hydrogens (primary N) is 1. The van der Waals surface area contributed by atoms with Gasteiger partial charge in [-0.2, -0.15) is 0 Å². The van der Waals surface area contributed by atoms with E-state index in [0.717, 1.165) is 12.8 Å². The van der Waals surface area contributed by atoms with E-state index in [-0.39, 0.29) is 44.2 Å². The number of rotatable bonds is 2. The van der Waals surface area contributed by atoms with E-state index < -0.39 is 9.84 Å². The van der Waals surface area contributed by atoms with E-state index >= 15 is 0 Å². The largest absolute Gasteiger partial charge is 0.334 e. The molecule has 2 aromatic carbocycles. The Morgan fingerprint density at radius 2 is 1.86 bits per heavy atom. The van der Waals surface area contributed by atoms with E-state index in [9.17, 15) is 18.0 Å². The van der Waals surface area contributed by atoms with Crippen LogP contribution in [0.1, 0.15) is 46.0 Å². The summed E-state index contributed by atoms with van der Waals surface area (Å²) < 4.78 is 26.1. The van der Waals surface area contributed by atoms with Crippen molar-refractivity contribution in [3.8, 4) is 0 Å². The minimum atomic E-state index is -3.87. The van der Waals surface area contributed by atoms with Crippen LogP contribution in [-0.4, -0.2) is 44.1 Å². The highest BCUT2D eigenvalue weighted by atomic mass is 32.2. The predicted molar refractivity (Wildman–Crippen MR) is 104 cm³/mol. The number of amides is 1. The summed E-state index contributed by atoms with van der Waals surface area (Å²) in [5, 5.41) is 0. The van der Waals surface area contributed by atoms with Gasteiger partial charge < -0.3 is 10.6 Å². The molecule has 7 heteroatoms. The lowest BCUT2D eigenvalue weighted by molar-refractivity contribution is 0.0573. The third kappa shape index (κ3) is 2.86. The number of likely N-dealkylation sites (tertiary alicyclic amines) is 1. The number of nitrogens with zero attached hydrogens (tertiary/aromatic N) is 1. The van der Waals surface area contributed by atoms with Crippen LogP contribution in [0.4, 0.5) is 0 Å². The van der Waals surface area contributed by atoms with Crippen LogP contribution in [-0.2, 0) is 9.84 Å². The van der Waals surface area contributed by atoms with Gasteiger partial charge >= 0.3 is 0 Å². The van der Waals surface area contributed by atoms with Crippen LogP contribution in [0.15, 0.2) is 52.3 Å². The fraction of sp³-hybridized carbons (Fsp3) is 0.333. The zero-order valence-electron chi connectivity index (χ0n) is 15.6. The average molecular weight is 398 g/mol. The molecule has 1 fully saturated rings. The van der Waals surface area contributed by atoms with Gasteiger partial charge in [-0.05, 0) is 49.1 Å². The van der Waals surface area contributed by atoms with Gasteiger partial charge in [-0.1, -0.05) is 19.1 Å². The Morgan fingerprint density at radius 3 is 2.61 bits per heavy atom. The fourth-order valence-electron chi connectivity index (χ4n) is 4.13. The summed E-state index contributed by atoms with van der Waals surface area (Å²) in [4.78, 5) is 27.4. The van der Waals surface area contributed by atoms with Crippen molar-refractivity contribution in [2.75, 3.05) is 13.1 Å². The van der Waals surface area contributed by atoms with Gasteiger partial charge in [-0.3, -0.25) is 9.59 Å². The number of benzene rings is 2. The third-order valence-corrected chi connectivity index (χ3v) is 7.55. The predicted octanol–water partition coefficient (Wildman–Crippen LogP) is 2.26. The summed E-state index contributed by atoms with van der Waals surface area (Å²) in [6, 6.07) is 10.4. The summed E-state index contributed by atoms with van der Waals surface area (Å²) in [7, 11) is -3.87. The van der Waals surface area contributed by atoms with Crippen LogP contribution >= 0.6 is 0 Å². The number of hydrogen-bond acceptors (Lipinski definition) is 5. The lowest BCUT2D eigenvalue weighted by Gasteiger charge is -2.38. The van der Waals surface area contributed by atoms with Gasteiger partial charge in [-0.25, -0.2) is 8.42 Å². The maximum absolute atomic E-state index is 13.1. The molecule has 0 aliphatic carbocycles. The monoisotopic (exact) mass is 398 g/mol. The van der Waals surface area contributed by atoms with Crippen molar-refractivity contribution in [2.24, 2.45) is 11.7 Å². The van der Waals surface area contributed by atoms with Crippen molar-refractivity contribution in [2.45, 2.75) is 35.6 Å². The van der Waals surface area contributed by atoms with Crippen molar-refractivity contribution in [1.29, 1.82) is 0 Å². The first-order chi connectivity index (χ1) is 13.3. The van der Waals surface area contributed by atoms with E-state index in [4.69, 9.17) is 5.73 Å². The Balaban J connectivity index is 1.76. The Labute approximate surface area is 164 Å². The zero-order chi connectivity index (χ0) is 20.1. The quantitative estimate of drug-likeness (QED) is 0.714. The van der Waals surface area contributed by atoms with Gasteiger partial charge in [0.1, 0.15) is 0 Å². The molecule has 6 nitrogen and oxygen atoms in total. The number of carbonyl (C=O) groups excluding carboxylic acids is 2. The number of carbonyl (C=O) groups is 2. The zero-order valence-corrected chi connectivity index (χ0v) is 16.4. The highest BCUT2D eigenvalue weighted by Crippen LogP contribution is 2.35. The van der Waals surface area contributed by atoms with Crippen molar-refractivity contribution < 1.29 is 18.0 Å². The molecule has 0 aromatic heterocycles. The number of sulfone groups is 1. The van der Waals surface area contributed by atoms with E-state index in [1.807, 2.05) is 0 Å². The number of hydrogen-bond donors (Lipinski definition) is 1. The first kappa shape index (κ1) is 18.8. The molecule has 2 heterocycles.